The van der Waals surface area contributed by atoms with E-state index in [0.29, 0.717) is 6.42 Å². The van der Waals surface area contributed by atoms with Gasteiger partial charge in [-0.15, -0.1) is 0 Å². The summed E-state index contributed by atoms with van der Waals surface area (Å²) in [5.74, 6) is 0.731. The minimum absolute atomic E-state index is 0.0991. The van der Waals surface area contributed by atoms with Crippen molar-refractivity contribution >= 4 is 0 Å². The lowest BCUT2D eigenvalue weighted by atomic mass is 10.2. The molecule has 0 aliphatic carbocycles. The highest BCUT2D eigenvalue weighted by molar-refractivity contribution is 5.02. The minimum atomic E-state index is -0.167. The summed E-state index contributed by atoms with van der Waals surface area (Å²) in [5, 5.41) is 8.51. The fourth-order valence-electron chi connectivity index (χ4n) is 0.784. The highest BCUT2D eigenvalue weighted by Gasteiger charge is 2.06. The Labute approximate surface area is 59.5 Å². The van der Waals surface area contributed by atoms with Crippen molar-refractivity contribution < 1.29 is 9.52 Å². The molecular weight excluding hydrogens is 130 g/mol. The molecule has 1 heterocycles. The fraction of sp³-hybridized carbons (Fsp3) is 0.429. The minimum Gasteiger partial charge on any atom is -0.468 e. The lowest BCUT2D eigenvalue weighted by Gasteiger charge is -2.04. The van der Waals surface area contributed by atoms with Gasteiger partial charge in [0.25, 0.3) is 0 Å². The zero-order chi connectivity index (χ0) is 7.40. The molecule has 0 aliphatic rings. The first kappa shape index (κ1) is 7.31. The SMILES string of the molecule is N[C@H](CCO)c1ccco1. The van der Waals surface area contributed by atoms with E-state index in [4.69, 9.17) is 15.3 Å². The van der Waals surface area contributed by atoms with Crippen molar-refractivity contribution in [3.05, 3.63) is 24.2 Å². The molecule has 0 fully saturated rings. The summed E-state index contributed by atoms with van der Waals surface area (Å²) in [6, 6.07) is 3.42. The van der Waals surface area contributed by atoms with Crippen molar-refractivity contribution in [1.82, 2.24) is 0 Å². The highest BCUT2D eigenvalue weighted by atomic mass is 16.3. The summed E-state index contributed by atoms with van der Waals surface area (Å²) in [5.41, 5.74) is 5.60. The molecule has 0 radical (unpaired) electrons. The third-order valence-corrected chi connectivity index (χ3v) is 1.35. The lowest BCUT2D eigenvalue weighted by Crippen LogP contribution is -2.10. The Kier molecular flexibility index (Phi) is 2.48. The van der Waals surface area contributed by atoms with Crippen LogP contribution in [0.4, 0.5) is 0 Å². The van der Waals surface area contributed by atoms with Gasteiger partial charge in [-0.1, -0.05) is 0 Å². The van der Waals surface area contributed by atoms with E-state index in [1.165, 1.54) is 0 Å². The summed E-state index contributed by atoms with van der Waals surface area (Å²) in [7, 11) is 0. The van der Waals surface area contributed by atoms with E-state index in [0.717, 1.165) is 5.76 Å². The summed E-state index contributed by atoms with van der Waals surface area (Å²) in [6.45, 7) is 0.0991. The van der Waals surface area contributed by atoms with Crippen molar-refractivity contribution in [1.29, 1.82) is 0 Å². The first-order chi connectivity index (χ1) is 4.84. The quantitative estimate of drug-likeness (QED) is 0.650. The van der Waals surface area contributed by atoms with Crippen LogP contribution >= 0.6 is 0 Å². The number of nitrogens with two attached hydrogens (primary N) is 1. The molecule has 3 N–H and O–H groups in total. The molecular formula is C7H11NO2. The highest BCUT2D eigenvalue weighted by Crippen LogP contribution is 2.12. The average molecular weight is 141 g/mol. The first-order valence-electron chi connectivity index (χ1n) is 3.24. The molecule has 56 valence electrons. The van der Waals surface area contributed by atoms with Gasteiger partial charge in [-0.05, 0) is 18.6 Å². The van der Waals surface area contributed by atoms with Gasteiger partial charge in [-0.3, -0.25) is 0 Å². The number of hydrogen-bond donors (Lipinski definition) is 2. The second-order valence-corrected chi connectivity index (χ2v) is 2.13. The predicted octanol–water partition coefficient (Wildman–Crippen LogP) is 0.662. The van der Waals surface area contributed by atoms with Gasteiger partial charge in [0, 0.05) is 6.61 Å². The summed E-state index contributed by atoms with van der Waals surface area (Å²) in [6.07, 6.45) is 2.13. The van der Waals surface area contributed by atoms with Gasteiger partial charge in [0.05, 0.1) is 12.3 Å². The van der Waals surface area contributed by atoms with Crippen molar-refractivity contribution in [3.8, 4) is 0 Å². The number of aliphatic hydroxyl groups excluding tert-OH is 1. The van der Waals surface area contributed by atoms with Crippen LogP contribution in [-0.4, -0.2) is 11.7 Å². The molecule has 0 aromatic carbocycles. The lowest BCUT2D eigenvalue weighted by molar-refractivity contribution is 0.268. The van der Waals surface area contributed by atoms with Crippen molar-refractivity contribution in [2.24, 2.45) is 5.73 Å². The Morgan fingerprint density at radius 1 is 1.70 bits per heavy atom. The maximum Gasteiger partial charge on any atom is 0.120 e. The van der Waals surface area contributed by atoms with Gasteiger partial charge in [0.2, 0.25) is 0 Å². The Bertz CT molecular complexity index is 172. The summed E-state index contributed by atoms with van der Waals surface area (Å²) >= 11 is 0. The van der Waals surface area contributed by atoms with Crippen LogP contribution in [0.3, 0.4) is 0 Å². The van der Waals surface area contributed by atoms with Gasteiger partial charge in [-0.2, -0.15) is 0 Å². The number of furan rings is 1. The summed E-state index contributed by atoms with van der Waals surface area (Å²) < 4.78 is 5.01. The van der Waals surface area contributed by atoms with Crippen molar-refractivity contribution in [2.45, 2.75) is 12.5 Å². The predicted molar refractivity (Wildman–Crippen MR) is 37.3 cm³/mol. The van der Waals surface area contributed by atoms with Crippen molar-refractivity contribution in [2.75, 3.05) is 6.61 Å². The Morgan fingerprint density at radius 2 is 2.50 bits per heavy atom. The van der Waals surface area contributed by atoms with Gasteiger partial charge in [0.1, 0.15) is 5.76 Å². The molecule has 3 nitrogen and oxygen atoms in total. The maximum absolute atomic E-state index is 8.51. The Balaban J connectivity index is 2.50. The van der Waals surface area contributed by atoms with Crippen LogP contribution in [0, 0.1) is 0 Å². The van der Waals surface area contributed by atoms with Gasteiger partial charge < -0.3 is 15.3 Å². The molecule has 0 amide bonds. The fourth-order valence-corrected chi connectivity index (χ4v) is 0.784. The molecule has 0 bridgehead atoms. The molecule has 3 heteroatoms. The largest absolute Gasteiger partial charge is 0.468 e. The van der Waals surface area contributed by atoms with Crippen LogP contribution in [0.1, 0.15) is 18.2 Å². The van der Waals surface area contributed by atoms with Crippen LogP contribution < -0.4 is 5.73 Å². The van der Waals surface area contributed by atoms with E-state index in [-0.39, 0.29) is 12.6 Å². The zero-order valence-corrected chi connectivity index (χ0v) is 5.66. The normalized spacial score (nSPS) is 13.4. The van der Waals surface area contributed by atoms with Crippen LogP contribution in [0.5, 0.6) is 0 Å². The molecule has 1 rings (SSSR count). The number of hydrogen-bond acceptors (Lipinski definition) is 3. The molecule has 0 aliphatic heterocycles. The standard InChI is InChI=1S/C7H11NO2/c8-6(3-4-9)7-2-1-5-10-7/h1-2,5-6,9H,3-4,8H2/t6-/m1/s1. The Hall–Kier alpha value is -0.800. The van der Waals surface area contributed by atoms with Crippen LogP contribution in [0.15, 0.2) is 22.8 Å². The van der Waals surface area contributed by atoms with Gasteiger partial charge >= 0.3 is 0 Å². The third-order valence-electron chi connectivity index (χ3n) is 1.35. The molecule has 1 atom stereocenters. The van der Waals surface area contributed by atoms with E-state index in [1.807, 2.05) is 0 Å². The van der Waals surface area contributed by atoms with E-state index in [2.05, 4.69) is 0 Å². The summed E-state index contributed by atoms with van der Waals surface area (Å²) in [4.78, 5) is 0. The molecule has 10 heavy (non-hydrogen) atoms. The molecule has 0 spiro atoms. The monoisotopic (exact) mass is 141 g/mol. The molecule has 1 aromatic rings. The van der Waals surface area contributed by atoms with Crippen LogP contribution in [0.25, 0.3) is 0 Å². The van der Waals surface area contributed by atoms with Crippen LogP contribution in [0.2, 0.25) is 0 Å². The first-order valence-corrected chi connectivity index (χ1v) is 3.24. The van der Waals surface area contributed by atoms with Gasteiger partial charge in [0.15, 0.2) is 0 Å². The smallest absolute Gasteiger partial charge is 0.120 e. The topological polar surface area (TPSA) is 59.4 Å². The number of rotatable bonds is 3. The molecule has 0 saturated heterocycles. The van der Waals surface area contributed by atoms with E-state index in [9.17, 15) is 0 Å². The van der Waals surface area contributed by atoms with E-state index in [1.54, 1.807) is 18.4 Å². The average Bonchev–Trinajstić information content (AvgIpc) is 2.38. The van der Waals surface area contributed by atoms with Crippen LogP contribution in [-0.2, 0) is 0 Å². The van der Waals surface area contributed by atoms with E-state index >= 15 is 0 Å². The number of aliphatic hydroxyl groups is 1. The second kappa shape index (κ2) is 3.39. The van der Waals surface area contributed by atoms with Gasteiger partial charge in [-0.25, -0.2) is 0 Å². The van der Waals surface area contributed by atoms with Crippen molar-refractivity contribution in [3.63, 3.8) is 0 Å². The zero-order valence-electron chi connectivity index (χ0n) is 5.66. The second-order valence-electron chi connectivity index (χ2n) is 2.13. The maximum atomic E-state index is 8.51. The van der Waals surface area contributed by atoms with E-state index < -0.39 is 0 Å². The molecule has 1 aromatic heterocycles. The molecule has 0 unspecified atom stereocenters. The third kappa shape index (κ3) is 1.59. The molecule has 0 saturated carbocycles. The Morgan fingerprint density at radius 3 is 3.00 bits per heavy atom.